The molecule has 2 aliphatic heterocycles. The van der Waals surface area contributed by atoms with Crippen molar-refractivity contribution in [1.82, 2.24) is 47.1 Å². The Kier molecular flexibility index (Phi) is 16.4. The van der Waals surface area contributed by atoms with Gasteiger partial charge < -0.3 is 52.2 Å². The number of nitrogens with zero attached hydrogens (tertiary/aromatic N) is 1. The zero-order valence-corrected chi connectivity index (χ0v) is 32.2. The van der Waals surface area contributed by atoms with E-state index in [0.29, 0.717) is 31.2 Å². The van der Waals surface area contributed by atoms with Crippen molar-refractivity contribution in [3.05, 3.63) is 36.0 Å². The van der Waals surface area contributed by atoms with E-state index in [1.807, 2.05) is 24.3 Å². The third-order valence-corrected chi connectivity index (χ3v) is 9.87. The van der Waals surface area contributed by atoms with E-state index >= 15 is 0 Å². The van der Waals surface area contributed by atoms with Gasteiger partial charge in [-0.2, -0.15) is 0 Å². The molecule has 0 radical (unpaired) electrons. The maximum Gasteiger partial charge on any atom is 0.326 e. The lowest BCUT2D eigenvalue weighted by atomic mass is 10.0. The average Bonchev–Trinajstić information content (AvgIpc) is 3.94. The standard InChI is InChI=1S/C38H53N9O10/c1-22(37(55)47-19-7-11-30(47)38(56)57)43-36(54)29(20-24-21-42-26-9-4-3-8-25(24)26)46-34(52)27(45-35(53)28-12-13-33(51)44-28)10-5-6-16-40-31(49)15-18-41-32(50)14-17-39-23(2)48/h3-4,8-9,21-22,27-30,42H,5-7,10-20H2,1-2H3,(H,39,48)(H,40,49)(H,41,50)(H,43,54)(H,44,51)(H,45,53)(H,46,52)(H,56,57)/t22?,27-,28?,29?,30?/m0/s1. The molecule has 3 heterocycles. The Morgan fingerprint density at radius 2 is 1.54 bits per heavy atom. The Hall–Kier alpha value is -6.01. The summed E-state index contributed by atoms with van der Waals surface area (Å²) in [4.78, 5) is 117. The minimum absolute atomic E-state index is 0.00506. The molecule has 19 nitrogen and oxygen atoms in total. The number of likely N-dealkylation sites (tertiary alicyclic amines) is 1. The second-order valence-electron chi connectivity index (χ2n) is 14.3. The highest BCUT2D eigenvalue weighted by molar-refractivity contribution is 5.97. The number of carboxylic acid groups (broad SMARTS) is 1. The molecule has 0 aliphatic carbocycles. The molecule has 19 heteroatoms. The molecule has 1 aromatic carbocycles. The lowest BCUT2D eigenvalue weighted by Gasteiger charge is -2.28. The number of carbonyl (C=O) groups is 9. The van der Waals surface area contributed by atoms with Crippen LogP contribution < -0.4 is 37.2 Å². The summed E-state index contributed by atoms with van der Waals surface area (Å²) in [6.07, 6.45) is 3.94. The number of fused-ring (bicyclic) bond motifs is 1. The van der Waals surface area contributed by atoms with Crippen LogP contribution in [0.15, 0.2) is 30.5 Å². The van der Waals surface area contributed by atoms with Crippen LogP contribution in [0.1, 0.15) is 77.2 Å². The van der Waals surface area contributed by atoms with E-state index in [9.17, 15) is 48.3 Å². The van der Waals surface area contributed by atoms with Gasteiger partial charge in [-0.1, -0.05) is 18.2 Å². The summed E-state index contributed by atoms with van der Waals surface area (Å²) in [6, 6.07) is 2.07. The van der Waals surface area contributed by atoms with Crippen molar-refractivity contribution in [2.45, 2.75) is 108 Å². The molecule has 2 aliphatic rings. The third-order valence-electron chi connectivity index (χ3n) is 9.87. The zero-order valence-electron chi connectivity index (χ0n) is 32.2. The minimum Gasteiger partial charge on any atom is -0.480 e. The highest BCUT2D eigenvalue weighted by atomic mass is 16.4. The first-order chi connectivity index (χ1) is 27.2. The topological polar surface area (TPSA) is 277 Å². The summed E-state index contributed by atoms with van der Waals surface area (Å²) < 4.78 is 0. The van der Waals surface area contributed by atoms with Gasteiger partial charge in [0, 0.05) is 75.9 Å². The molecular formula is C38H53N9O10. The third kappa shape index (κ3) is 13.3. The van der Waals surface area contributed by atoms with Crippen LogP contribution in [0.3, 0.4) is 0 Å². The van der Waals surface area contributed by atoms with Crippen molar-refractivity contribution in [1.29, 1.82) is 0 Å². The van der Waals surface area contributed by atoms with Crippen LogP contribution in [0.25, 0.3) is 10.9 Å². The van der Waals surface area contributed by atoms with E-state index in [0.717, 1.165) is 10.9 Å². The van der Waals surface area contributed by atoms with E-state index in [1.54, 1.807) is 6.20 Å². The molecule has 57 heavy (non-hydrogen) atoms. The van der Waals surface area contributed by atoms with E-state index in [2.05, 4.69) is 42.2 Å². The lowest BCUT2D eigenvalue weighted by molar-refractivity contribution is -0.149. The summed E-state index contributed by atoms with van der Waals surface area (Å²) in [5.41, 5.74) is 1.50. The number of rotatable bonds is 21. The van der Waals surface area contributed by atoms with Crippen LogP contribution in [0.2, 0.25) is 0 Å². The Morgan fingerprint density at radius 1 is 0.860 bits per heavy atom. The number of aromatic nitrogens is 1. The first-order valence-corrected chi connectivity index (χ1v) is 19.3. The van der Waals surface area contributed by atoms with Crippen molar-refractivity contribution < 1.29 is 48.3 Å². The maximum atomic E-state index is 14.0. The van der Waals surface area contributed by atoms with Gasteiger partial charge in [-0.3, -0.25) is 38.4 Å². The van der Waals surface area contributed by atoms with Crippen molar-refractivity contribution in [2.75, 3.05) is 26.2 Å². The van der Waals surface area contributed by atoms with Crippen LogP contribution in [0, 0.1) is 0 Å². The van der Waals surface area contributed by atoms with Crippen molar-refractivity contribution in [3.63, 3.8) is 0 Å². The number of unbranched alkanes of at least 4 members (excludes halogenated alkanes) is 1. The molecule has 2 aromatic rings. The molecule has 4 unspecified atom stereocenters. The number of carboxylic acids is 1. The number of aromatic amines is 1. The minimum atomic E-state index is -1.23. The SMILES string of the molecule is CC(=O)NCCC(=O)NCCC(=O)NCCCC[C@H](NC(=O)C1CCC(=O)N1)C(=O)NC(Cc1c[nH]c2ccccc12)C(=O)NC(C)C(=O)N1CCCC1C(=O)O. The number of hydrogen-bond acceptors (Lipinski definition) is 9. The zero-order chi connectivity index (χ0) is 41.5. The van der Waals surface area contributed by atoms with Crippen LogP contribution in [0.5, 0.6) is 0 Å². The van der Waals surface area contributed by atoms with Gasteiger partial charge in [0.05, 0.1) is 0 Å². The van der Waals surface area contributed by atoms with Gasteiger partial charge in [0.25, 0.3) is 0 Å². The van der Waals surface area contributed by atoms with Gasteiger partial charge in [0.1, 0.15) is 30.2 Å². The second kappa shape index (κ2) is 21.3. The molecule has 5 atom stereocenters. The molecule has 310 valence electrons. The number of benzene rings is 1. The van der Waals surface area contributed by atoms with Crippen molar-refractivity contribution in [2.24, 2.45) is 0 Å². The Bertz CT molecular complexity index is 1810. The first-order valence-electron chi connectivity index (χ1n) is 19.3. The molecule has 0 bridgehead atoms. The predicted molar refractivity (Wildman–Crippen MR) is 205 cm³/mol. The number of para-hydroxylation sites is 1. The highest BCUT2D eigenvalue weighted by Crippen LogP contribution is 2.21. The van der Waals surface area contributed by atoms with E-state index in [4.69, 9.17) is 0 Å². The number of nitrogens with one attached hydrogen (secondary N) is 8. The number of aliphatic carboxylic acids is 1. The molecule has 0 spiro atoms. The predicted octanol–water partition coefficient (Wildman–Crippen LogP) is -1.14. The summed E-state index contributed by atoms with van der Waals surface area (Å²) in [5.74, 6) is -4.79. The average molecular weight is 796 g/mol. The Balaban J connectivity index is 1.40. The van der Waals surface area contributed by atoms with Crippen LogP contribution in [0.4, 0.5) is 0 Å². The molecule has 4 rings (SSSR count). The summed E-state index contributed by atoms with van der Waals surface area (Å²) in [7, 11) is 0. The van der Waals surface area contributed by atoms with Crippen molar-refractivity contribution >= 4 is 64.1 Å². The fraction of sp³-hybridized carbons (Fsp3) is 0.553. The fourth-order valence-electron chi connectivity index (χ4n) is 6.81. The normalized spacial score (nSPS) is 17.8. The van der Waals surface area contributed by atoms with Gasteiger partial charge in [-0.25, -0.2) is 4.79 Å². The largest absolute Gasteiger partial charge is 0.480 e. The summed E-state index contributed by atoms with van der Waals surface area (Å²) in [6.45, 7) is 3.57. The van der Waals surface area contributed by atoms with Gasteiger partial charge in [-0.15, -0.1) is 0 Å². The number of hydrogen-bond donors (Lipinski definition) is 9. The maximum absolute atomic E-state index is 14.0. The monoisotopic (exact) mass is 795 g/mol. The smallest absolute Gasteiger partial charge is 0.326 e. The highest BCUT2D eigenvalue weighted by Gasteiger charge is 2.37. The molecule has 9 N–H and O–H groups in total. The quantitative estimate of drug-likeness (QED) is 0.0685. The molecule has 2 fully saturated rings. The fourth-order valence-corrected chi connectivity index (χ4v) is 6.81. The molecule has 8 amide bonds. The Morgan fingerprint density at radius 3 is 2.23 bits per heavy atom. The number of amides is 8. The first kappa shape index (κ1) is 43.7. The second-order valence-corrected chi connectivity index (χ2v) is 14.3. The van der Waals surface area contributed by atoms with Gasteiger partial charge in [0.15, 0.2) is 0 Å². The van der Waals surface area contributed by atoms with E-state index in [-0.39, 0.29) is 88.3 Å². The lowest BCUT2D eigenvalue weighted by Crippen LogP contribution is -2.58. The number of carbonyl (C=O) groups excluding carboxylic acids is 8. The van der Waals surface area contributed by atoms with Gasteiger partial charge >= 0.3 is 5.97 Å². The van der Waals surface area contributed by atoms with Crippen LogP contribution in [-0.2, 0) is 49.6 Å². The van der Waals surface area contributed by atoms with Gasteiger partial charge in [0.2, 0.25) is 47.3 Å². The molecule has 1 aromatic heterocycles. The van der Waals surface area contributed by atoms with E-state index < -0.39 is 59.8 Å². The van der Waals surface area contributed by atoms with Gasteiger partial charge in [-0.05, 0) is 57.1 Å². The van der Waals surface area contributed by atoms with Crippen LogP contribution >= 0.6 is 0 Å². The summed E-state index contributed by atoms with van der Waals surface area (Å²) >= 11 is 0. The van der Waals surface area contributed by atoms with Crippen molar-refractivity contribution in [3.8, 4) is 0 Å². The molecular weight excluding hydrogens is 742 g/mol. The van der Waals surface area contributed by atoms with Crippen LogP contribution in [-0.4, -0.2) is 125 Å². The molecule has 2 saturated heterocycles. The number of H-pyrrole nitrogens is 1. The Labute approximate surface area is 329 Å². The van der Waals surface area contributed by atoms with E-state index in [1.165, 1.54) is 18.7 Å². The summed E-state index contributed by atoms with van der Waals surface area (Å²) in [5, 5.41) is 29.0. The molecule has 0 saturated carbocycles.